The highest BCUT2D eigenvalue weighted by atomic mass is 19.1. The van der Waals surface area contributed by atoms with Crippen molar-refractivity contribution in [2.24, 2.45) is 11.5 Å². The Balaban J connectivity index is 2.26. The molecule has 0 unspecified atom stereocenters. The zero-order chi connectivity index (χ0) is 19.3. The SMILES string of the molecule is C=Cc1cc(NC(=O)/C(N)=C/C=C(\N)c2cn[nH]c2)c(C(=O)O)cc1F. The molecule has 8 nitrogen and oxygen atoms in total. The van der Waals surface area contributed by atoms with Crippen molar-refractivity contribution in [3.63, 3.8) is 0 Å². The van der Waals surface area contributed by atoms with Crippen LogP contribution in [-0.4, -0.2) is 27.2 Å². The molecule has 134 valence electrons. The van der Waals surface area contributed by atoms with Gasteiger partial charge in [-0.1, -0.05) is 12.7 Å². The van der Waals surface area contributed by atoms with Crippen LogP contribution in [0.2, 0.25) is 0 Å². The third kappa shape index (κ3) is 4.15. The van der Waals surface area contributed by atoms with Gasteiger partial charge in [0.2, 0.25) is 0 Å². The molecule has 0 spiro atoms. The topological polar surface area (TPSA) is 147 Å². The highest BCUT2D eigenvalue weighted by molar-refractivity contribution is 6.07. The summed E-state index contributed by atoms with van der Waals surface area (Å²) in [5.41, 5.74) is 11.7. The van der Waals surface area contributed by atoms with Gasteiger partial charge in [0.25, 0.3) is 5.91 Å². The first-order chi connectivity index (χ1) is 12.3. The fourth-order valence-electron chi connectivity index (χ4n) is 1.98. The fourth-order valence-corrected chi connectivity index (χ4v) is 1.98. The van der Waals surface area contributed by atoms with Gasteiger partial charge in [-0.15, -0.1) is 0 Å². The normalized spacial score (nSPS) is 11.9. The Morgan fingerprint density at radius 3 is 2.62 bits per heavy atom. The Hall–Kier alpha value is -3.88. The molecule has 1 heterocycles. The maximum atomic E-state index is 13.7. The third-order valence-electron chi connectivity index (χ3n) is 3.37. The molecule has 9 heteroatoms. The van der Waals surface area contributed by atoms with Crippen molar-refractivity contribution < 1.29 is 19.1 Å². The number of nitrogens with zero attached hydrogens (tertiary/aromatic N) is 1. The number of aromatic nitrogens is 2. The maximum absolute atomic E-state index is 13.7. The first kappa shape index (κ1) is 18.5. The standard InChI is InChI=1S/C17H16FN5O3/c1-2-9-5-15(11(17(25)26)6-12(9)18)23-16(24)14(20)4-3-13(19)10-7-21-22-8-10/h2-8H,1,19-20H2,(H,21,22)(H,23,24)(H,25,26)/b13-3-,14-4-. The van der Waals surface area contributed by atoms with Crippen molar-refractivity contribution in [2.45, 2.75) is 0 Å². The molecule has 0 radical (unpaired) electrons. The number of hydrogen-bond donors (Lipinski definition) is 5. The van der Waals surface area contributed by atoms with Gasteiger partial charge in [0, 0.05) is 23.0 Å². The summed E-state index contributed by atoms with van der Waals surface area (Å²) in [5, 5.41) is 17.8. The number of anilines is 1. The van der Waals surface area contributed by atoms with Crippen molar-refractivity contribution in [3.05, 3.63) is 71.5 Å². The van der Waals surface area contributed by atoms with E-state index >= 15 is 0 Å². The van der Waals surface area contributed by atoms with Crippen molar-refractivity contribution in [3.8, 4) is 0 Å². The van der Waals surface area contributed by atoms with Gasteiger partial charge < -0.3 is 21.9 Å². The quantitative estimate of drug-likeness (QED) is 0.392. The number of benzene rings is 1. The molecule has 0 aliphatic carbocycles. The van der Waals surface area contributed by atoms with Crippen molar-refractivity contribution in [1.82, 2.24) is 10.2 Å². The molecule has 0 aliphatic rings. The number of carboxylic acids is 1. The van der Waals surface area contributed by atoms with E-state index in [2.05, 4.69) is 22.1 Å². The number of carbonyl (C=O) groups excluding carboxylic acids is 1. The minimum Gasteiger partial charge on any atom is -0.478 e. The largest absolute Gasteiger partial charge is 0.478 e. The smallest absolute Gasteiger partial charge is 0.337 e. The van der Waals surface area contributed by atoms with E-state index in [9.17, 15) is 14.0 Å². The van der Waals surface area contributed by atoms with Gasteiger partial charge in [-0.2, -0.15) is 5.10 Å². The van der Waals surface area contributed by atoms with Crippen LogP contribution in [0.5, 0.6) is 0 Å². The Morgan fingerprint density at radius 1 is 1.31 bits per heavy atom. The predicted octanol–water partition coefficient (Wildman–Crippen LogP) is 1.67. The predicted molar refractivity (Wildman–Crippen MR) is 95.1 cm³/mol. The molecule has 7 N–H and O–H groups in total. The molecular weight excluding hydrogens is 341 g/mol. The van der Waals surface area contributed by atoms with Crippen LogP contribution in [0.1, 0.15) is 21.5 Å². The number of carboxylic acid groups (broad SMARTS) is 1. The van der Waals surface area contributed by atoms with Gasteiger partial charge in [-0.25, -0.2) is 9.18 Å². The zero-order valence-electron chi connectivity index (χ0n) is 13.5. The van der Waals surface area contributed by atoms with E-state index in [1.165, 1.54) is 24.4 Å². The van der Waals surface area contributed by atoms with E-state index < -0.39 is 23.3 Å². The summed E-state index contributed by atoms with van der Waals surface area (Å²) in [6, 6.07) is 1.96. The number of H-pyrrole nitrogens is 1. The Bertz CT molecular complexity index is 917. The van der Waals surface area contributed by atoms with Gasteiger partial charge >= 0.3 is 5.97 Å². The summed E-state index contributed by atoms with van der Waals surface area (Å²) in [7, 11) is 0. The van der Waals surface area contributed by atoms with Gasteiger partial charge in [0.05, 0.1) is 23.1 Å². The Morgan fingerprint density at radius 2 is 2.04 bits per heavy atom. The van der Waals surface area contributed by atoms with Crippen molar-refractivity contribution >= 4 is 29.3 Å². The van der Waals surface area contributed by atoms with E-state index in [4.69, 9.17) is 16.6 Å². The molecule has 1 amide bonds. The fraction of sp³-hybridized carbons (Fsp3) is 0. The number of allylic oxidation sites excluding steroid dienone is 2. The molecule has 2 aromatic rings. The van der Waals surface area contributed by atoms with Crippen LogP contribution in [0.15, 0.2) is 49.0 Å². The number of hydrogen-bond acceptors (Lipinski definition) is 5. The summed E-state index contributed by atoms with van der Waals surface area (Å²) in [4.78, 5) is 23.4. The number of rotatable bonds is 6. The average molecular weight is 357 g/mol. The first-order valence-electron chi connectivity index (χ1n) is 7.26. The Labute approximate surface area is 147 Å². The second-order valence-electron chi connectivity index (χ2n) is 5.11. The lowest BCUT2D eigenvalue weighted by molar-refractivity contribution is -0.112. The van der Waals surface area contributed by atoms with Crippen LogP contribution in [0, 0.1) is 5.82 Å². The molecule has 0 saturated carbocycles. The highest BCUT2D eigenvalue weighted by Crippen LogP contribution is 2.22. The van der Waals surface area contributed by atoms with E-state index in [0.29, 0.717) is 11.3 Å². The lowest BCUT2D eigenvalue weighted by Gasteiger charge is -2.10. The number of carbonyl (C=O) groups is 2. The van der Waals surface area contributed by atoms with E-state index in [1.807, 2.05) is 0 Å². The number of nitrogens with one attached hydrogen (secondary N) is 2. The van der Waals surface area contributed by atoms with Crippen molar-refractivity contribution in [1.29, 1.82) is 0 Å². The number of halogens is 1. The van der Waals surface area contributed by atoms with E-state index in [0.717, 1.165) is 12.1 Å². The van der Waals surface area contributed by atoms with Crippen molar-refractivity contribution in [2.75, 3.05) is 5.32 Å². The number of aromatic carboxylic acids is 1. The number of nitrogens with two attached hydrogens (primary N) is 2. The number of aromatic amines is 1. The summed E-state index contributed by atoms with van der Waals surface area (Å²) in [6.45, 7) is 3.43. The minimum absolute atomic E-state index is 0.0388. The molecule has 1 aromatic carbocycles. The summed E-state index contributed by atoms with van der Waals surface area (Å²) in [5.74, 6) is -2.94. The monoisotopic (exact) mass is 357 g/mol. The van der Waals surface area contributed by atoms with E-state index in [-0.39, 0.29) is 16.9 Å². The zero-order valence-corrected chi connectivity index (χ0v) is 13.5. The molecule has 1 aromatic heterocycles. The molecule has 0 saturated heterocycles. The maximum Gasteiger partial charge on any atom is 0.337 e. The van der Waals surface area contributed by atoms with E-state index in [1.54, 1.807) is 6.20 Å². The molecule has 0 atom stereocenters. The summed E-state index contributed by atoms with van der Waals surface area (Å²) in [6.07, 6.45) is 6.91. The van der Waals surface area contributed by atoms with Gasteiger partial charge in [-0.3, -0.25) is 9.89 Å². The highest BCUT2D eigenvalue weighted by Gasteiger charge is 2.17. The van der Waals surface area contributed by atoms with Crippen LogP contribution in [0.3, 0.4) is 0 Å². The van der Waals surface area contributed by atoms with Crippen LogP contribution in [-0.2, 0) is 4.79 Å². The molecule has 0 bridgehead atoms. The molecule has 0 aliphatic heterocycles. The van der Waals surface area contributed by atoms with Crippen LogP contribution >= 0.6 is 0 Å². The number of amides is 1. The molecular formula is C17H16FN5O3. The minimum atomic E-state index is -1.40. The first-order valence-corrected chi connectivity index (χ1v) is 7.26. The van der Waals surface area contributed by atoms with Gasteiger partial charge in [0.1, 0.15) is 5.82 Å². The lowest BCUT2D eigenvalue weighted by atomic mass is 10.1. The third-order valence-corrected chi connectivity index (χ3v) is 3.37. The van der Waals surface area contributed by atoms with Crippen LogP contribution < -0.4 is 16.8 Å². The Kier molecular flexibility index (Phi) is 5.53. The summed E-state index contributed by atoms with van der Waals surface area (Å²) < 4.78 is 13.7. The second-order valence-corrected chi connectivity index (χ2v) is 5.11. The van der Waals surface area contributed by atoms with Crippen LogP contribution in [0.4, 0.5) is 10.1 Å². The molecule has 26 heavy (non-hydrogen) atoms. The van der Waals surface area contributed by atoms with Crippen LogP contribution in [0.25, 0.3) is 11.8 Å². The second kappa shape index (κ2) is 7.79. The molecule has 2 rings (SSSR count). The lowest BCUT2D eigenvalue weighted by Crippen LogP contribution is -2.21. The molecule has 0 fully saturated rings. The summed E-state index contributed by atoms with van der Waals surface area (Å²) >= 11 is 0. The van der Waals surface area contributed by atoms with Gasteiger partial charge in [0.15, 0.2) is 0 Å². The van der Waals surface area contributed by atoms with Gasteiger partial charge in [-0.05, 0) is 24.3 Å². The average Bonchev–Trinajstić information content (AvgIpc) is 3.14.